The first-order valence-electron chi connectivity index (χ1n) is 6.43. The summed E-state index contributed by atoms with van der Waals surface area (Å²) in [7, 11) is 0. The number of phenolic OH excluding ortho intramolecular Hbond substituents is 1. The minimum atomic E-state index is -0.470. The number of ether oxygens (including phenoxy) is 1. The fourth-order valence-corrected chi connectivity index (χ4v) is 1.91. The van der Waals surface area contributed by atoms with Crippen LogP contribution < -0.4 is 0 Å². The second-order valence-corrected chi connectivity index (χ2v) is 4.63. The Kier molecular flexibility index (Phi) is 6.31. The number of rotatable bonds is 6. The Hall–Kier alpha value is -1.75. The Bertz CT molecular complexity index is 490. The van der Waals surface area contributed by atoms with Gasteiger partial charge in [-0.15, -0.1) is 0 Å². The molecular weight excluding hydrogens is 282 g/mol. The zero-order chi connectivity index (χ0) is 15.1. The number of hydrogen-bond donors (Lipinski definition) is 1. The molecule has 6 heteroatoms. The monoisotopic (exact) mass is 299 g/mol. The van der Waals surface area contributed by atoms with E-state index in [1.807, 2.05) is 6.92 Å². The largest absolute Gasteiger partial charge is 0.507 e. The van der Waals surface area contributed by atoms with Gasteiger partial charge < -0.3 is 14.7 Å². The first-order chi connectivity index (χ1) is 9.49. The molecule has 0 aliphatic rings. The standard InChI is InChI=1S/C14H18ClNO4/c1-3-7-16(9-13(18)20-4-2)14(19)11-6-5-10(15)8-12(11)17/h5-6,8,17H,3-4,7,9H2,1-2H3. The molecular formula is C14H18ClNO4. The minimum absolute atomic E-state index is 0.118. The van der Waals surface area contributed by atoms with E-state index >= 15 is 0 Å². The fraction of sp³-hybridized carbons (Fsp3) is 0.429. The number of hydrogen-bond acceptors (Lipinski definition) is 4. The molecule has 0 aliphatic heterocycles. The Morgan fingerprint density at radius 1 is 1.35 bits per heavy atom. The highest BCUT2D eigenvalue weighted by atomic mass is 35.5. The molecule has 1 aromatic rings. The van der Waals surface area contributed by atoms with E-state index in [-0.39, 0.29) is 24.5 Å². The summed E-state index contributed by atoms with van der Waals surface area (Å²) in [5.41, 5.74) is 0.118. The van der Waals surface area contributed by atoms with Crippen LogP contribution in [-0.4, -0.2) is 41.6 Å². The lowest BCUT2D eigenvalue weighted by Crippen LogP contribution is -2.37. The fourth-order valence-electron chi connectivity index (χ4n) is 1.74. The van der Waals surface area contributed by atoms with E-state index in [4.69, 9.17) is 16.3 Å². The normalized spacial score (nSPS) is 10.2. The van der Waals surface area contributed by atoms with Gasteiger partial charge in [0.2, 0.25) is 0 Å². The molecule has 1 N–H and O–H groups in total. The maximum atomic E-state index is 12.3. The van der Waals surface area contributed by atoms with Crippen molar-refractivity contribution < 1.29 is 19.4 Å². The highest BCUT2D eigenvalue weighted by Crippen LogP contribution is 2.23. The molecule has 0 radical (unpaired) electrons. The number of esters is 1. The maximum Gasteiger partial charge on any atom is 0.325 e. The summed E-state index contributed by atoms with van der Waals surface area (Å²) in [6, 6.07) is 4.25. The van der Waals surface area contributed by atoms with Crippen LogP contribution in [0.3, 0.4) is 0 Å². The lowest BCUT2D eigenvalue weighted by atomic mass is 10.1. The topological polar surface area (TPSA) is 66.8 Å². The van der Waals surface area contributed by atoms with Crippen LogP contribution in [0, 0.1) is 0 Å². The summed E-state index contributed by atoms with van der Waals surface area (Å²) in [4.78, 5) is 25.2. The van der Waals surface area contributed by atoms with Crippen LogP contribution in [-0.2, 0) is 9.53 Å². The number of benzene rings is 1. The summed E-state index contributed by atoms with van der Waals surface area (Å²) in [5.74, 6) is -1.09. The molecule has 20 heavy (non-hydrogen) atoms. The lowest BCUT2D eigenvalue weighted by Gasteiger charge is -2.21. The Morgan fingerprint density at radius 3 is 2.60 bits per heavy atom. The average molecular weight is 300 g/mol. The number of amides is 1. The summed E-state index contributed by atoms with van der Waals surface area (Å²) in [5, 5.41) is 10.1. The van der Waals surface area contributed by atoms with E-state index < -0.39 is 11.9 Å². The molecule has 0 aliphatic carbocycles. The van der Waals surface area contributed by atoms with Crippen LogP contribution >= 0.6 is 11.6 Å². The smallest absolute Gasteiger partial charge is 0.325 e. The maximum absolute atomic E-state index is 12.3. The van der Waals surface area contributed by atoms with E-state index in [0.717, 1.165) is 0 Å². The van der Waals surface area contributed by atoms with Crippen molar-refractivity contribution in [2.75, 3.05) is 19.7 Å². The molecule has 5 nitrogen and oxygen atoms in total. The zero-order valence-electron chi connectivity index (χ0n) is 11.6. The van der Waals surface area contributed by atoms with Crippen LogP contribution in [0.5, 0.6) is 5.75 Å². The molecule has 0 unspecified atom stereocenters. The molecule has 0 bridgehead atoms. The van der Waals surface area contributed by atoms with Crippen molar-refractivity contribution in [3.05, 3.63) is 28.8 Å². The predicted octanol–water partition coefficient (Wildman–Crippen LogP) is 2.46. The van der Waals surface area contributed by atoms with Gasteiger partial charge in [-0.2, -0.15) is 0 Å². The number of halogens is 1. The van der Waals surface area contributed by atoms with Gasteiger partial charge in [0.15, 0.2) is 0 Å². The van der Waals surface area contributed by atoms with E-state index in [0.29, 0.717) is 18.0 Å². The van der Waals surface area contributed by atoms with Gasteiger partial charge in [0.1, 0.15) is 12.3 Å². The second kappa shape index (κ2) is 7.75. The first-order valence-corrected chi connectivity index (χ1v) is 6.80. The van der Waals surface area contributed by atoms with Gasteiger partial charge in [-0.3, -0.25) is 9.59 Å². The first kappa shape index (κ1) is 16.3. The van der Waals surface area contributed by atoms with Crippen molar-refractivity contribution in [1.82, 2.24) is 4.90 Å². The molecule has 0 heterocycles. The minimum Gasteiger partial charge on any atom is -0.507 e. The van der Waals surface area contributed by atoms with Gasteiger partial charge in [0.05, 0.1) is 12.2 Å². The molecule has 0 atom stereocenters. The van der Waals surface area contributed by atoms with Gasteiger partial charge in [0, 0.05) is 11.6 Å². The highest BCUT2D eigenvalue weighted by molar-refractivity contribution is 6.30. The zero-order valence-corrected chi connectivity index (χ0v) is 12.3. The van der Waals surface area contributed by atoms with Crippen LogP contribution in [0.15, 0.2) is 18.2 Å². The summed E-state index contributed by atoms with van der Waals surface area (Å²) >= 11 is 5.73. The van der Waals surface area contributed by atoms with Crippen molar-refractivity contribution in [3.63, 3.8) is 0 Å². The van der Waals surface area contributed by atoms with E-state index in [1.54, 1.807) is 6.92 Å². The molecule has 1 rings (SSSR count). The third-order valence-electron chi connectivity index (χ3n) is 2.60. The highest BCUT2D eigenvalue weighted by Gasteiger charge is 2.21. The van der Waals surface area contributed by atoms with Gasteiger partial charge >= 0.3 is 5.97 Å². The molecule has 110 valence electrons. The number of carbonyl (C=O) groups excluding carboxylic acids is 2. The predicted molar refractivity (Wildman–Crippen MR) is 75.9 cm³/mol. The van der Waals surface area contributed by atoms with Crippen LogP contribution in [0.1, 0.15) is 30.6 Å². The van der Waals surface area contributed by atoms with Crippen molar-refractivity contribution >= 4 is 23.5 Å². The Balaban J connectivity index is 2.90. The number of nitrogens with zero attached hydrogens (tertiary/aromatic N) is 1. The van der Waals surface area contributed by atoms with Gasteiger partial charge in [-0.25, -0.2) is 0 Å². The summed E-state index contributed by atoms with van der Waals surface area (Å²) in [6.45, 7) is 4.13. The molecule has 0 saturated carbocycles. The van der Waals surface area contributed by atoms with E-state index in [2.05, 4.69) is 0 Å². The van der Waals surface area contributed by atoms with Crippen molar-refractivity contribution in [1.29, 1.82) is 0 Å². The van der Waals surface area contributed by atoms with Crippen molar-refractivity contribution in [2.24, 2.45) is 0 Å². The van der Waals surface area contributed by atoms with Gasteiger partial charge in [-0.05, 0) is 31.5 Å². The van der Waals surface area contributed by atoms with Crippen molar-refractivity contribution in [2.45, 2.75) is 20.3 Å². The van der Waals surface area contributed by atoms with Crippen LogP contribution in [0.2, 0.25) is 5.02 Å². The third-order valence-corrected chi connectivity index (χ3v) is 2.83. The SMILES string of the molecule is CCCN(CC(=O)OCC)C(=O)c1ccc(Cl)cc1O. The molecule has 0 fully saturated rings. The Labute approximate surface area is 123 Å². The second-order valence-electron chi connectivity index (χ2n) is 4.19. The van der Waals surface area contributed by atoms with Gasteiger partial charge in [-0.1, -0.05) is 18.5 Å². The molecule has 1 amide bonds. The number of carbonyl (C=O) groups is 2. The van der Waals surface area contributed by atoms with E-state index in [9.17, 15) is 14.7 Å². The number of phenols is 1. The molecule has 0 aromatic heterocycles. The lowest BCUT2D eigenvalue weighted by molar-refractivity contribution is -0.143. The quantitative estimate of drug-likeness (QED) is 0.819. The number of aromatic hydroxyl groups is 1. The summed E-state index contributed by atoms with van der Waals surface area (Å²) in [6.07, 6.45) is 0.694. The molecule has 0 spiro atoms. The van der Waals surface area contributed by atoms with Crippen molar-refractivity contribution in [3.8, 4) is 5.75 Å². The Morgan fingerprint density at radius 2 is 2.05 bits per heavy atom. The van der Waals surface area contributed by atoms with E-state index in [1.165, 1.54) is 23.1 Å². The van der Waals surface area contributed by atoms with Gasteiger partial charge in [0.25, 0.3) is 5.91 Å². The summed E-state index contributed by atoms with van der Waals surface area (Å²) < 4.78 is 4.84. The van der Waals surface area contributed by atoms with Crippen LogP contribution in [0.4, 0.5) is 0 Å². The van der Waals surface area contributed by atoms with Crippen LogP contribution in [0.25, 0.3) is 0 Å². The molecule has 0 saturated heterocycles. The average Bonchev–Trinajstić information content (AvgIpc) is 2.38. The molecule has 1 aromatic carbocycles. The third kappa shape index (κ3) is 4.42.